The summed E-state index contributed by atoms with van der Waals surface area (Å²) in [5, 5.41) is 0.746. The third-order valence-electron chi connectivity index (χ3n) is 4.14. The summed E-state index contributed by atoms with van der Waals surface area (Å²) >= 11 is 0. The molecule has 1 aliphatic heterocycles. The van der Waals surface area contributed by atoms with Crippen molar-refractivity contribution >= 4 is 27.9 Å². The summed E-state index contributed by atoms with van der Waals surface area (Å²) in [5.41, 5.74) is 1.61. The Morgan fingerprint density at radius 3 is 2.82 bits per heavy atom. The van der Waals surface area contributed by atoms with E-state index < -0.39 is 12.2 Å². The van der Waals surface area contributed by atoms with Crippen molar-refractivity contribution in [2.45, 2.75) is 19.8 Å². The Labute approximate surface area is 125 Å². The molecule has 4 nitrogen and oxygen atoms in total. The maximum absolute atomic E-state index is 13.2. The van der Waals surface area contributed by atoms with Gasteiger partial charge in [0, 0.05) is 18.5 Å². The number of alkyl halides is 2. The molecule has 0 radical (unpaired) electrons. The minimum atomic E-state index is -2.70. The highest BCUT2D eigenvalue weighted by molar-refractivity contribution is 6.05. The van der Waals surface area contributed by atoms with E-state index in [1.54, 1.807) is 0 Å². The summed E-state index contributed by atoms with van der Waals surface area (Å²) in [6.45, 7) is 3.74. The summed E-state index contributed by atoms with van der Waals surface area (Å²) < 4.78 is 32.2. The van der Waals surface area contributed by atoms with Crippen LogP contribution in [0.4, 0.5) is 14.6 Å². The fourth-order valence-electron chi connectivity index (χ4n) is 3.03. The van der Waals surface area contributed by atoms with Crippen molar-refractivity contribution in [2.75, 3.05) is 18.0 Å². The van der Waals surface area contributed by atoms with Crippen molar-refractivity contribution in [2.24, 2.45) is 5.92 Å². The molecule has 6 heteroatoms. The quantitative estimate of drug-likeness (QED) is 0.713. The van der Waals surface area contributed by atoms with Gasteiger partial charge in [-0.1, -0.05) is 19.1 Å². The van der Waals surface area contributed by atoms with E-state index in [1.807, 2.05) is 29.2 Å². The number of para-hydroxylation sites is 1. The fraction of sp³-hybridized carbons (Fsp3) is 0.375. The number of nitrogens with zero attached hydrogens (tertiary/aromatic N) is 3. The highest BCUT2D eigenvalue weighted by atomic mass is 19.3. The maximum Gasteiger partial charge on any atom is 0.297 e. The predicted octanol–water partition coefficient (Wildman–Crippen LogP) is 4.16. The number of anilines is 1. The van der Waals surface area contributed by atoms with Gasteiger partial charge in [0.1, 0.15) is 11.1 Å². The average molecular weight is 303 g/mol. The van der Waals surface area contributed by atoms with Crippen LogP contribution in [0.2, 0.25) is 0 Å². The predicted molar refractivity (Wildman–Crippen MR) is 80.3 cm³/mol. The zero-order valence-electron chi connectivity index (χ0n) is 12.1. The van der Waals surface area contributed by atoms with Crippen LogP contribution in [0.3, 0.4) is 0 Å². The first-order valence-electron chi connectivity index (χ1n) is 7.36. The molecular formula is C16H15F2N3O. The van der Waals surface area contributed by atoms with Crippen LogP contribution in [0.15, 0.2) is 28.7 Å². The van der Waals surface area contributed by atoms with Gasteiger partial charge in [0.15, 0.2) is 17.2 Å². The highest BCUT2D eigenvalue weighted by Crippen LogP contribution is 2.36. The lowest BCUT2D eigenvalue weighted by atomic mass is 10.2. The molecule has 0 amide bonds. The first kappa shape index (κ1) is 13.4. The average Bonchev–Trinajstić information content (AvgIpc) is 3.09. The SMILES string of the molecule is CC1CCN(c2nc(C(F)F)nc3c2oc2ccccc23)C1. The zero-order valence-corrected chi connectivity index (χ0v) is 12.1. The molecule has 1 saturated heterocycles. The molecule has 0 bridgehead atoms. The standard InChI is InChI=1S/C16H15F2N3O/c1-9-6-7-21(8-9)16-13-12(19-15(20-16)14(17)18)10-4-2-3-5-11(10)22-13/h2-5,9,14H,6-8H2,1H3. The van der Waals surface area contributed by atoms with E-state index in [4.69, 9.17) is 4.42 Å². The minimum absolute atomic E-state index is 0.436. The van der Waals surface area contributed by atoms with E-state index in [9.17, 15) is 8.78 Å². The van der Waals surface area contributed by atoms with Gasteiger partial charge in [0.25, 0.3) is 6.43 Å². The molecule has 0 aliphatic carbocycles. The first-order valence-corrected chi connectivity index (χ1v) is 7.36. The fourth-order valence-corrected chi connectivity index (χ4v) is 3.03. The molecule has 1 aliphatic rings. The largest absolute Gasteiger partial charge is 0.450 e. The molecule has 22 heavy (non-hydrogen) atoms. The highest BCUT2D eigenvalue weighted by Gasteiger charge is 2.27. The molecule has 4 rings (SSSR count). The van der Waals surface area contributed by atoms with E-state index in [0.717, 1.165) is 24.9 Å². The van der Waals surface area contributed by atoms with Gasteiger partial charge in [-0.3, -0.25) is 0 Å². The Hall–Kier alpha value is -2.24. The summed E-state index contributed by atoms with van der Waals surface area (Å²) in [5.74, 6) is 0.568. The number of benzene rings is 1. The smallest absolute Gasteiger partial charge is 0.297 e. The van der Waals surface area contributed by atoms with Gasteiger partial charge < -0.3 is 9.32 Å². The Bertz CT molecular complexity index is 846. The van der Waals surface area contributed by atoms with Gasteiger partial charge in [-0.2, -0.15) is 0 Å². The second kappa shape index (κ2) is 4.90. The number of fused-ring (bicyclic) bond motifs is 3. The lowest BCUT2D eigenvalue weighted by Crippen LogP contribution is -2.21. The van der Waals surface area contributed by atoms with Gasteiger partial charge in [0.2, 0.25) is 0 Å². The van der Waals surface area contributed by atoms with Crippen LogP contribution >= 0.6 is 0 Å². The number of aromatic nitrogens is 2. The molecule has 2 aromatic heterocycles. The van der Waals surface area contributed by atoms with Gasteiger partial charge in [-0.25, -0.2) is 18.7 Å². The normalized spacial score (nSPS) is 18.9. The van der Waals surface area contributed by atoms with Crippen LogP contribution in [0.5, 0.6) is 0 Å². The van der Waals surface area contributed by atoms with E-state index >= 15 is 0 Å². The monoisotopic (exact) mass is 303 g/mol. The van der Waals surface area contributed by atoms with Crippen LogP contribution < -0.4 is 4.90 Å². The third kappa shape index (κ3) is 2.01. The Morgan fingerprint density at radius 2 is 2.09 bits per heavy atom. The minimum Gasteiger partial charge on any atom is -0.450 e. The molecule has 0 saturated carbocycles. The van der Waals surface area contributed by atoms with Crippen molar-refractivity contribution < 1.29 is 13.2 Å². The molecule has 3 aromatic rings. The lowest BCUT2D eigenvalue weighted by molar-refractivity contribution is 0.141. The molecule has 0 spiro atoms. The second-order valence-electron chi connectivity index (χ2n) is 5.82. The van der Waals surface area contributed by atoms with Gasteiger partial charge in [-0.15, -0.1) is 0 Å². The summed E-state index contributed by atoms with van der Waals surface area (Å²) in [4.78, 5) is 10.1. The molecule has 1 aromatic carbocycles. The molecule has 1 atom stereocenters. The molecular weight excluding hydrogens is 288 g/mol. The van der Waals surface area contributed by atoms with Crippen molar-refractivity contribution in [3.8, 4) is 0 Å². The summed E-state index contributed by atoms with van der Waals surface area (Å²) in [6, 6.07) is 7.35. The van der Waals surface area contributed by atoms with Crippen LogP contribution in [0.1, 0.15) is 25.6 Å². The van der Waals surface area contributed by atoms with E-state index in [0.29, 0.717) is 28.4 Å². The van der Waals surface area contributed by atoms with E-state index in [1.165, 1.54) is 0 Å². The van der Waals surface area contributed by atoms with E-state index in [2.05, 4.69) is 16.9 Å². The molecule has 1 unspecified atom stereocenters. The van der Waals surface area contributed by atoms with Crippen LogP contribution in [-0.4, -0.2) is 23.1 Å². The van der Waals surface area contributed by atoms with Crippen molar-refractivity contribution in [1.29, 1.82) is 0 Å². The zero-order chi connectivity index (χ0) is 15.3. The second-order valence-corrected chi connectivity index (χ2v) is 5.82. The maximum atomic E-state index is 13.2. The molecule has 3 heterocycles. The van der Waals surface area contributed by atoms with Crippen LogP contribution in [0.25, 0.3) is 22.1 Å². The summed E-state index contributed by atoms with van der Waals surface area (Å²) in [6.07, 6.45) is -1.67. The lowest BCUT2D eigenvalue weighted by Gasteiger charge is -2.17. The summed E-state index contributed by atoms with van der Waals surface area (Å²) in [7, 11) is 0. The van der Waals surface area contributed by atoms with Gasteiger partial charge >= 0.3 is 0 Å². The number of halogens is 2. The van der Waals surface area contributed by atoms with Crippen LogP contribution in [-0.2, 0) is 0 Å². The number of hydrogen-bond donors (Lipinski definition) is 0. The number of furan rings is 1. The molecule has 0 N–H and O–H groups in total. The van der Waals surface area contributed by atoms with Crippen molar-refractivity contribution in [3.63, 3.8) is 0 Å². The topological polar surface area (TPSA) is 42.2 Å². The third-order valence-corrected chi connectivity index (χ3v) is 4.14. The van der Waals surface area contributed by atoms with Crippen molar-refractivity contribution in [3.05, 3.63) is 30.1 Å². The van der Waals surface area contributed by atoms with E-state index in [-0.39, 0.29) is 0 Å². The van der Waals surface area contributed by atoms with Crippen LogP contribution in [0, 0.1) is 5.92 Å². The Kier molecular flexibility index (Phi) is 2.99. The first-order chi connectivity index (χ1) is 10.6. The molecule has 1 fully saturated rings. The van der Waals surface area contributed by atoms with Gasteiger partial charge in [0.05, 0.1) is 0 Å². The van der Waals surface area contributed by atoms with Gasteiger partial charge in [-0.05, 0) is 24.5 Å². The Morgan fingerprint density at radius 1 is 1.27 bits per heavy atom. The number of rotatable bonds is 2. The number of hydrogen-bond acceptors (Lipinski definition) is 4. The Balaban J connectivity index is 2.00. The molecule has 114 valence electrons. The van der Waals surface area contributed by atoms with Crippen molar-refractivity contribution in [1.82, 2.24) is 9.97 Å².